The molecule has 1 atom stereocenters. The first-order valence-electron chi connectivity index (χ1n) is 8.97. The highest BCUT2D eigenvalue weighted by molar-refractivity contribution is 7.85. The molecule has 0 aromatic heterocycles. The molecular formula is C17H31N3O10S2. The summed E-state index contributed by atoms with van der Waals surface area (Å²) in [5, 5.41) is 7.42. The average Bonchev–Trinajstić information content (AvgIpc) is 3.12. The van der Waals surface area contributed by atoms with Crippen LogP contribution >= 0.6 is 0 Å². The molecule has 0 saturated carbocycles. The van der Waals surface area contributed by atoms with Gasteiger partial charge >= 0.3 is 0 Å². The van der Waals surface area contributed by atoms with Crippen LogP contribution in [0.4, 0.5) is 0 Å². The van der Waals surface area contributed by atoms with Gasteiger partial charge in [-0.3, -0.25) is 9.11 Å². The van der Waals surface area contributed by atoms with E-state index in [1.807, 2.05) is 12.1 Å². The van der Waals surface area contributed by atoms with Crippen molar-refractivity contribution >= 4 is 25.9 Å². The van der Waals surface area contributed by atoms with Gasteiger partial charge in [-0.1, -0.05) is 5.16 Å². The number of hydrogen-bond donors (Lipinski definition) is 4. The summed E-state index contributed by atoms with van der Waals surface area (Å²) in [4.78, 5) is 5.47. The molecule has 1 aromatic rings. The molecule has 15 heteroatoms. The van der Waals surface area contributed by atoms with Crippen LogP contribution in [0.3, 0.4) is 0 Å². The molecule has 5 N–H and O–H groups in total. The molecule has 0 bridgehead atoms. The molecule has 13 nitrogen and oxygen atoms in total. The van der Waals surface area contributed by atoms with Crippen molar-refractivity contribution in [3.63, 3.8) is 0 Å². The van der Waals surface area contributed by atoms with E-state index in [1.165, 1.54) is 0 Å². The SMILES string of the molecule is COc1ccc(CO/N=C2\CNCC2CN)c(OC)c1OC.CS(=O)(=O)O.CS(=O)(=O)O. The Hall–Kier alpha value is -2.17. The van der Waals surface area contributed by atoms with Gasteiger partial charge in [0.2, 0.25) is 5.75 Å². The Bertz CT molecular complexity index is 904. The van der Waals surface area contributed by atoms with Crippen LogP contribution in [0, 0.1) is 5.92 Å². The van der Waals surface area contributed by atoms with Gasteiger partial charge < -0.3 is 30.1 Å². The molecule has 0 radical (unpaired) electrons. The molecule has 0 amide bonds. The maximum Gasteiger partial charge on any atom is 0.261 e. The summed E-state index contributed by atoms with van der Waals surface area (Å²) in [6.07, 6.45) is 1.43. The van der Waals surface area contributed by atoms with Crippen molar-refractivity contribution in [3.8, 4) is 17.2 Å². The van der Waals surface area contributed by atoms with E-state index in [4.69, 9.17) is 33.9 Å². The van der Waals surface area contributed by atoms with Crippen LogP contribution in [-0.2, 0) is 31.7 Å². The topological polar surface area (TPSA) is 196 Å². The van der Waals surface area contributed by atoms with Crippen LogP contribution in [-0.4, -0.2) is 85.1 Å². The lowest BCUT2D eigenvalue weighted by Crippen LogP contribution is -2.22. The number of nitrogens with two attached hydrogens (primary N) is 1. The van der Waals surface area contributed by atoms with Crippen LogP contribution < -0.4 is 25.3 Å². The second kappa shape index (κ2) is 14.1. The summed E-state index contributed by atoms with van der Waals surface area (Å²) in [6.45, 7) is 2.41. The van der Waals surface area contributed by atoms with E-state index in [2.05, 4.69) is 10.5 Å². The van der Waals surface area contributed by atoms with Crippen molar-refractivity contribution in [3.05, 3.63) is 17.7 Å². The lowest BCUT2D eigenvalue weighted by Gasteiger charge is -2.15. The summed E-state index contributed by atoms with van der Waals surface area (Å²) in [5.41, 5.74) is 7.48. The zero-order valence-corrected chi connectivity index (χ0v) is 20.2. The van der Waals surface area contributed by atoms with E-state index >= 15 is 0 Å². The van der Waals surface area contributed by atoms with Crippen molar-refractivity contribution in [2.45, 2.75) is 6.61 Å². The molecule has 1 saturated heterocycles. The molecule has 1 fully saturated rings. The zero-order chi connectivity index (χ0) is 24.9. The zero-order valence-electron chi connectivity index (χ0n) is 18.6. The van der Waals surface area contributed by atoms with Gasteiger partial charge in [-0.25, -0.2) is 0 Å². The Kier molecular flexibility index (Phi) is 13.1. The predicted molar refractivity (Wildman–Crippen MR) is 119 cm³/mol. The first-order chi connectivity index (χ1) is 14.7. The van der Waals surface area contributed by atoms with E-state index in [1.54, 1.807) is 21.3 Å². The fourth-order valence-corrected chi connectivity index (χ4v) is 2.42. The highest BCUT2D eigenvalue weighted by atomic mass is 32.2. The minimum atomic E-state index is -3.67. The normalized spacial score (nSPS) is 16.9. The minimum Gasteiger partial charge on any atom is -0.493 e. The van der Waals surface area contributed by atoms with Crippen LogP contribution in [0.5, 0.6) is 17.2 Å². The van der Waals surface area contributed by atoms with Crippen molar-refractivity contribution in [1.29, 1.82) is 0 Å². The highest BCUT2D eigenvalue weighted by Crippen LogP contribution is 2.39. The Morgan fingerprint density at radius 3 is 2.00 bits per heavy atom. The maximum atomic E-state index is 9.19. The summed E-state index contributed by atoms with van der Waals surface area (Å²) in [5.74, 6) is 1.98. The first-order valence-corrected chi connectivity index (χ1v) is 12.7. The Morgan fingerprint density at radius 1 is 1.03 bits per heavy atom. The third kappa shape index (κ3) is 13.3. The number of nitrogens with zero attached hydrogens (tertiary/aromatic N) is 1. The van der Waals surface area contributed by atoms with Crippen molar-refractivity contribution < 1.29 is 45.0 Å². The monoisotopic (exact) mass is 501 g/mol. The van der Waals surface area contributed by atoms with Gasteiger partial charge in [-0.2, -0.15) is 16.8 Å². The predicted octanol–water partition coefficient (Wildman–Crippen LogP) is -0.229. The average molecular weight is 502 g/mol. The van der Waals surface area contributed by atoms with Gasteiger partial charge in [0, 0.05) is 31.1 Å². The molecule has 1 unspecified atom stereocenters. The maximum absolute atomic E-state index is 9.19. The van der Waals surface area contributed by atoms with Gasteiger partial charge in [0.1, 0.15) is 6.61 Å². The minimum absolute atomic E-state index is 0.243. The lowest BCUT2D eigenvalue weighted by molar-refractivity contribution is 0.126. The molecule has 1 aliphatic rings. The highest BCUT2D eigenvalue weighted by Gasteiger charge is 2.21. The molecule has 1 aliphatic heterocycles. The van der Waals surface area contributed by atoms with Gasteiger partial charge in [0.05, 0.1) is 39.6 Å². The van der Waals surface area contributed by atoms with Crippen LogP contribution in [0.1, 0.15) is 5.56 Å². The van der Waals surface area contributed by atoms with Crippen molar-refractivity contribution in [1.82, 2.24) is 5.32 Å². The number of hydrogen-bond acceptors (Lipinski definition) is 11. The Labute approximate surface area is 188 Å². The van der Waals surface area contributed by atoms with Crippen molar-refractivity contribution in [2.75, 3.05) is 53.5 Å². The third-order valence-corrected chi connectivity index (χ3v) is 3.64. The molecule has 186 valence electrons. The number of rotatable bonds is 7. The number of methoxy groups -OCH3 is 3. The summed E-state index contributed by atoms with van der Waals surface area (Å²) in [7, 11) is -2.60. The van der Waals surface area contributed by atoms with Gasteiger partial charge in [-0.15, -0.1) is 0 Å². The smallest absolute Gasteiger partial charge is 0.261 e. The van der Waals surface area contributed by atoms with E-state index < -0.39 is 20.2 Å². The molecule has 0 aliphatic carbocycles. The number of ether oxygens (including phenoxy) is 3. The molecule has 1 heterocycles. The second-order valence-electron chi connectivity index (χ2n) is 6.38. The number of nitrogens with one attached hydrogen (secondary N) is 1. The lowest BCUT2D eigenvalue weighted by atomic mass is 10.1. The molecular weight excluding hydrogens is 470 g/mol. The Balaban J connectivity index is 0.000000805. The van der Waals surface area contributed by atoms with E-state index in [9.17, 15) is 16.8 Å². The summed E-state index contributed by atoms with van der Waals surface area (Å²) >= 11 is 0. The van der Waals surface area contributed by atoms with Gasteiger partial charge in [0.25, 0.3) is 20.2 Å². The molecule has 2 rings (SSSR count). The van der Waals surface area contributed by atoms with E-state index in [0.717, 1.165) is 17.8 Å². The molecule has 32 heavy (non-hydrogen) atoms. The Morgan fingerprint density at radius 2 is 1.56 bits per heavy atom. The van der Waals surface area contributed by atoms with Crippen LogP contribution in [0.25, 0.3) is 0 Å². The van der Waals surface area contributed by atoms with Gasteiger partial charge in [0.15, 0.2) is 11.5 Å². The number of benzene rings is 1. The van der Waals surface area contributed by atoms with Gasteiger partial charge in [-0.05, 0) is 12.1 Å². The first kappa shape index (κ1) is 29.8. The standard InChI is InChI=1S/C15H23N3O4.2CH4O3S/c1-19-13-5-4-10(14(20-2)15(13)21-3)9-22-18-12-8-17-7-11(12)6-16;2*1-5(2,3)4/h4-5,11,17H,6-9,16H2,1-3H3;2*1H3,(H,2,3,4)/b18-12+;;. The number of oxime groups is 1. The summed E-state index contributed by atoms with van der Waals surface area (Å²) in [6, 6.07) is 3.68. The largest absolute Gasteiger partial charge is 0.493 e. The fraction of sp³-hybridized carbons (Fsp3) is 0.588. The molecule has 0 spiro atoms. The second-order valence-corrected chi connectivity index (χ2v) is 9.31. The third-order valence-electron chi connectivity index (χ3n) is 3.64. The van der Waals surface area contributed by atoms with Crippen LogP contribution in [0.15, 0.2) is 17.3 Å². The van der Waals surface area contributed by atoms with E-state index in [-0.39, 0.29) is 12.5 Å². The quantitative estimate of drug-likeness (QED) is 0.283. The summed E-state index contributed by atoms with van der Waals surface area (Å²) < 4.78 is 67.7. The van der Waals surface area contributed by atoms with Crippen LogP contribution in [0.2, 0.25) is 0 Å². The van der Waals surface area contributed by atoms with Crippen molar-refractivity contribution in [2.24, 2.45) is 16.8 Å². The fourth-order valence-electron chi connectivity index (χ4n) is 2.42. The molecule has 1 aromatic carbocycles. The van der Waals surface area contributed by atoms with E-state index in [0.29, 0.717) is 42.8 Å².